The number of hydrogen-bond donors (Lipinski definition) is 2. The largest absolute Gasteiger partial charge is 0.326 e. The molecule has 0 spiro atoms. The Balaban J connectivity index is 1.60. The van der Waals surface area contributed by atoms with Crippen LogP contribution >= 0.6 is 0 Å². The number of nitrogens with zero attached hydrogens (tertiary/aromatic N) is 4. The van der Waals surface area contributed by atoms with Gasteiger partial charge in [-0.3, -0.25) is 14.9 Å². The zero-order valence-electron chi connectivity index (χ0n) is 13.0. The minimum Gasteiger partial charge on any atom is -0.326 e. The van der Waals surface area contributed by atoms with Crippen LogP contribution in [0.2, 0.25) is 0 Å². The van der Waals surface area contributed by atoms with Crippen LogP contribution in [0.4, 0.5) is 11.4 Å². The first-order valence-electron chi connectivity index (χ1n) is 7.49. The third-order valence-corrected chi connectivity index (χ3v) is 3.51. The van der Waals surface area contributed by atoms with Gasteiger partial charge in [0.05, 0.1) is 4.92 Å². The highest BCUT2D eigenvalue weighted by molar-refractivity contribution is 5.91. The van der Waals surface area contributed by atoms with Crippen LogP contribution in [0.15, 0.2) is 48.5 Å². The Morgan fingerprint density at radius 2 is 2.04 bits per heavy atom. The standard InChI is InChI=1S/C16H14N6O3/c23-15(8-7-11-3-1-6-14(9-11)22(24)25)17-13-5-2-4-12(10-13)16-18-20-21-19-16/h1-6,9-10H,7-8H2,(H,17,23)(H,18,19,20,21). The van der Waals surface area contributed by atoms with Gasteiger partial charge < -0.3 is 5.32 Å². The number of nitro benzene ring substituents is 1. The van der Waals surface area contributed by atoms with E-state index < -0.39 is 4.92 Å². The molecule has 0 aliphatic rings. The fraction of sp³-hybridized carbons (Fsp3) is 0.125. The molecule has 0 fully saturated rings. The molecule has 0 saturated heterocycles. The van der Waals surface area contributed by atoms with E-state index in [2.05, 4.69) is 25.9 Å². The van der Waals surface area contributed by atoms with E-state index in [0.717, 1.165) is 11.1 Å². The monoisotopic (exact) mass is 338 g/mol. The molecular formula is C16H14N6O3. The number of aryl methyl sites for hydroxylation is 1. The van der Waals surface area contributed by atoms with Crippen molar-refractivity contribution in [2.24, 2.45) is 0 Å². The molecule has 0 unspecified atom stereocenters. The highest BCUT2D eigenvalue weighted by Gasteiger charge is 2.09. The number of aromatic amines is 1. The summed E-state index contributed by atoms with van der Waals surface area (Å²) in [5.41, 5.74) is 2.10. The number of anilines is 1. The van der Waals surface area contributed by atoms with Crippen LogP contribution in [0.5, 0.6) is 0 Å². The summed E-state index contributed by atoms with van der Waals surface area (Å²) in [6.07, 6.45) is 0.631. The average molecular weight is 338 g/mol. The normalized spacial score (nSPS) is 10.4. The second-order valence-corrected chi connectivity index (χ2v) is 5.29. The molecule has 0 aliphatic heterocycles. The second kappa shape index (κ2) is 7.30. The minimum atomic E-state index is -0.451. The van der Waals surface area contributed by atoms with Gasteiger partial charge in [-0.25, -0.2) is 0 Å². The number of hydrogen-bond acceptors (Lipinski definition) is 6. The molecule has 25 heavy (non-hydrogen) atoms. The number of aromatic nitrogens is 4. The molecule has 2 N–H and O–H groups in total. The zero-order chi connectivity index (χ0) is 17.6. The number of H-pyrrole nitrogens is 1. The number of tetrazole rings is 1. The number of rotatable bonds is 6. The maximum absolute atomic E-state index is 12.1. The Morgan fingerprint density at radius 3 is 2.80 bits per heavy atom. The average Bonchev–Trinajstić information content (AvgIpc) is 3.15. The maximum Gasteiger partial charge on any atom is 0.269 e. The lowest BCUT2D eigenvalue weighted by Gasteiger charge is -2.06. The van der Waals surface area contributed by atoms with E-state index in [4.69, 9.17) is 0 Å². The Kier molecular flexibility index (Phi) is 4.74. The summed E-state index contributed by atoms with van der Waals surface area (Å²) in [6.45, 7) is 0. The molecule has 1 aromatic heterocycles. The van der Waals surface area contributed by atoms with Crippen LogP contribution in [0.1, 0.15) is 12.0 Å². The minimum absolute atomic E-state index is 0.0192. The fourth-order valence-electron chi connectivity index (χ4n) is 2.33. The van der Waals surface area contributed by atoms with Crippen molar-refractivity contribution in [1.29, 1.82) is 0 Å². The number of nitrogens with one attached hydrogen (secondary N) is 2. The summed E-state index contributed by atoms with van der Waals surface area (Å²) < 4.78 is 0. The second-order valence-electron chi connectivity index (χ2n) is 5.29. The van der Waals surface area contributed by atoms with Gasteiger partial charge in [-0.15, -0.1) is 10.2 Å². The molecular weight excluding hydrogens is 324 g/mol. The van der Waals surface area contributed by atoms with E-state index in [-0.39, 0.29) is 18.0 Å². The van der Waals surface area contributed by atoms with Crippen molar-refractivity contribution in [2.75, 3.05) is 5.32 Å². The van der Waals surface area contributed by atoms with Crippen LogP contribution < -0.4 is 5.32 Å². The highest BCUT2D eigenvalue weighted by Crippen LogP contribution is 2.19. The van der Waals surface area contributed by atoms with E-state index in [1.807, 2.05) is 6.07 Å². The molecule has 0 saturated carbocycles. The van der Waals surface area contributed by atoms with Crippen molar-refractivity contribution >= 4 is 17.3 Å². The summed E-state index contributed by atoms with van der Waals surface area (Å²) in [5.74, 6) is 0.254. The SMILES string of the molecule is O=C(CCc1cccc([N+](=O)[O-])c1)Nc1cccc(-c2nn[nH]n2)c1. The van der Waals surface area contributed by atoms with Crippen molar-refractivity contribution in [3.63, 3.8) is 0 Å². The summed E-state index contributed by atoms with van der Waals surface area (Å²) >= 11 is 0. The lowest BCUT2D eigenvalue weighted by Crippen LogP contribution is -2.12. The zero-order valence-corrected chi connectivity index (χ0v) is 13.0. The van der Waals surface area contributed by atoms with E-state index in [1.54, 1.807) is 30.3 Å². The van der Waals surface area contributed by atoms with Gasteiger partial charge in [0.25, 0.3) is 5.69 Å². The summed E-state index contributed by atoms with van der Waals surface area (Å²) in [7, 11) is 0. The first-order valence-corrected chi connectivity index (χ1v) is 7.49. The number of benzene rings is 2. The number of nitro groups is 1. The van der Waals surface area contributed by atoms with Gasteiger partial charge >= 0.3 is 0 Å². The predicted octanol–water partition coefficient (Wildman–Crippen LogP) is 2.35. The lowest BCUT2D eigenvalue weighted by atomic mass is 10.1. The summed E-state index contributed by atoms with van der Waals surface area (Å²) in [5, 5.41) is 27.2. The first-order chi connectivity index (χ1) is 12.1. The molecule has 0 aliphatic carbocycles. The third-order valence-electron chi connectivity index (χ3n) is 3.51. The molecule has 9 heteroatoms. The predicted molar refractivity (Wildman–Crippen MR) is 89.7 cm³/mol. The molecule has 1 heterocycles. The van der Waals surface area contributed by atoms with Crippen molar-refractivity contribution in [2.45, 2.75) is 12.8 Å². The van der Waals surface area contributed by atoms with Gasteiger partial charge in [0.15, 0.2) is 0 Å². The topological polar surface area (TPSA) is 127 Å². The van der Waals surface area contributed by atoms with E-state index in [9.17, 15) is 14.9 Å². The Hall–Kier alpha value is -3.62. The number of amides is 1. The van der Waals surface area contributed by atoms with Gasteiger partial charge in [0.1, 0.15) is 0 Å². The van der Waals surface area contributed by atoms with Gasteiger partial charge in [0.2, 0.25) is 11.7 Å². The van der Waals surface area contributed by atoms with Crippen LogP contribution in [-0.2, 0) is 11.2 Å². The molecule has 1 amide bonds. The van der Waals surface area contributed by atoms with Gasteiger partial charge in [0, 0.05) is 29.8 Å². The highest BCUT2D eigenvalue weighted by atomic mass is 16.6. The van der Waals surface area contributed by atoms with Gasteiger partial charge in [-0.2, -0.15) is 5.21 Å². The maximum atomic E-state index is 12.1. The Bertz CT molecular complexity index is 894. The Labute approximate surface area is 142 Å². The molecule has 2 aromatic carbocycles. The van der Waals surface area contributed by atoms with Crippen LogP contribution in [0.25, 0.3) is 11.4 Å². The van der Waals surface area contributed by atoms with Crippen LogP contribution in [0, 0.1) is 10.1 Å². The quantitative estimate of drug-likeness (QED) is 0.524. The molecule has 0 bridgehead atoms. The van der Waals surface area contributed by atoms with Crippen molar-refractivity contribution in [3.05, 3.63) is 64.2 Å². The first kappa shape index (κ1) is 16.2. The van der Waals surface area contributed by atoms with E-state index in [1.165, 1.54) is 12.1 Å². The lowest BCUT2D eigenvalue weighted by molar-refractivity contribution is -0.384. The van der Waals surface area contributed by atoms with Crippen LogP contribution in [-0.4, -0.2) is 31.5 Å². The van der Waals surface area contributed by atoms with E-state index in [0.29, 0.717) is 17.9 Å². The molecule has 9 nitrogen and oxygen atoms in total. The third kappa shape index (κ3) is 4.22. The van der Waals surface area contributed by atoms with Crippen molar-refractivity contribution in [1.82, 2.24) is 20.6 Å². The summed E-state index contributed by atoms with van der Waals surface area (Å²) in [6, 6.07) is 13.4. The van der Waals surface area contributed by atoms with Crippen molar-refractivity contribution < 1.29 is 9.72 Å². The van der Waals surface area contributed by atoms with Gasteiger partial charge in [-0.1, -0.05) is 24.3 Å². The number of carbonyl (C=O) groups excluding carboxylic acids is 1. The smallest absolute Gasteiger partial charge is 0.269 e. The Morgan fingerprint density at radius 1 is 1.20 bits per heavy atom. The number of carbonyl (C=O) groups is 1. The molecule has 0 radical (unpaired) electrons. The van der Waals surface area contributed by atoms with Crippen LogP contribution in [0.3, 0.4) is 0 Å². The van der Waals surface area contributed by atoms with Gasteiger partial charge in [-0.05, 0) is 29.3 Å². The van der Waals surface area contributed by atoms with E-state index >= 15 is 0 Å². The number of non-ortho nitro benzene ring substituents is 1. The molecule has 3 aromatic rings. The fourth-order valence-corrected chi connectivity index (χ4v) is 2.33. The molecule has 0 atom stereocenters. The molecule has 126 valence electrons. The summed E-state index contributed by atoms with van der Waals surface area (Å²) in [4.78, 5) is 22.4. The van der Waals surface area contributed by atoms with Crippen molar-refractivity contribution in [3.8, 4) is 11.4 Å². The molecule has 3 rings (SSSR count).